The monoisotopic (exact) mass is 319 g/mol. The van der Waals surface area contributed by atoms with Gasteiger partial charge in [0.25, 0.3) is 0 Å². The molecule has 1 aromatic heterocycles. The standard InChI is InChI=1S/C15H18BrN3/c1-15(2,3)10-6-4-5-7-13(10)19-14-11(16)8-18-9-12(14)17/h4-9H,17H2,1-3H3,(H,18,19). The average molecular weight is 320 g/mol. The molecule has 0 saturated carbocycles. The van der Waals surface area contributed by atoms with E-state index in [0.29, 0.717) is 5.69 Å². The summed E-state index contributed by atoms with van der Waals surface area (Å²) in [7, 11) is 0. The zero-order valence-electron chi connectivity index (χ0n) is 11.4. The molecule has 0 fully saturated rings. The summed E-state index contributed by atoms with van der Waals surface area (Å²) >= 11 is 3.47. The number of pyridine rings is 1. The number of halogens is 1. The molecule has 2 aromatic rings. The van der Waals surface area contributed by atoms with Crippen LogP contribution in [0, 0.1) is 0 Å². The lowest BCUT2D eigenvalue weighted by Gasteiger charge is -2.24. The lowest BCUT2D eigenvalue weighted by molar-refractivity contribution is 0.592. The quantitative estimate of drug-likeness (QED) is 0.858. The van der Waals surface area contributed by atoms with Crippen LogP contribution in [0.1, 0.15) is 26.3 Å². The lowest BCUT2D eigenvalue weighted by atomic mass is 9.86. The Bertz CT molecular complexity index is 568. The highest BCUT2D eigenvalue weighted by Crippen LogP contribution is 2.35. The highest BCUT2D eigenvalue weighted by molar-refractivity contribution is 9.10. The van der Waals surface area contributed by atoms with Crippen molar-refractivity contribution in [3.05, 3.63) is 46.7 Å². The van der Waals surface area contributed by atoms with E-state index in [2.05, 4.69) is 65.2 Å². The van der Waals surface area contributed by atoms with Gasteiger partial charge in [0.15, 0.2) is 0 Å². The van der Waals surface area contributed by atoms with Gasteiger partial charge in [-0.3, -0.25) is 4.98 Å². The van der Waals surface area contributed by atoms with Crippen molar-refractivity contribution >= 4 is 33.0 Å². The third-order valence-corrected chi connectivity index (χ3v) is 3.53. The summed E-state index contributed by atoms with van der Waals surface area (Å²) in [5, 5.41) is 3.40. The van der Waals surface area contributed by atoms with E-state index >= 15 is 0 Å². The first-order valence-electron chi connectivity index (χ1n) is 6.15. The van der Waals surface area contributed by atoms with Gasteiger partial charge in [0.05, 0.1) is 22.0 Å². The minimum absolute atomic E-state index is 0.0673. The van der Waals surface area contributed by atoms with Crippen molar-refractivity contribution in [3.8, 4) is 0 Å². The number of hydrogen-bond acceptors (Lipinski definition) is 3. The summed E-state index contributed by atoms with van der Waals surface area (Å²) < 4.78 is 0.858. The molecule has 0 atom stereocenters. The van der Waals surface area contributed by atoms with Gasteiger partial charge < -0.3 is 11.1 Å². The average Bonchev–Trinajstić information content (AvgIpc) is 2.33. The molecule has 3 nitrogen and oxygen atoms in total. The first-order valence-corrected chi connectivity index (χ1v) is 6.94. The molecular formula is C15H18BrN3. The van der Waals surface area contributed by atoms with Crippen LogP contribution in [0.3, 0.4) is 0 Å². The molecule has 19 heavy (non-hydrogen) atoms. The number of nitrogens with one attached hydrogen (secondary N) is 1. The molecule has 2 rings (SSSR count). The van der Waals surface area contributed by atoms with Gasteiger partial charge >= 0.3 is 0 Å². The minimum Gasteiger partial charge on any atom is -0.396 e. The molecular weight excluding hydrogens is 302 g/mol. The van der Waals surface area contributed by atoms with Crippen molar-refractivity contribution in [1.82, 2.24) is 4.98 Å². The molecule has 1 aromatic carbocycles. The first kappa shape index (κ1) is 13.9. The van der Waals surface area contributed by atoms with Crippen molar-refractivity contribution < 1.29 is 0 Å². The van der Waals surface area contributed by atoms with Crippen LogP contribution < -0.4 is 11.1 Å². The fourth-order valence-corrected chi connectivity index (χ4v) is 2.41. The number of anilines is 3. The summed E-state index contributed by atoms with van der Waals surface area (Å²) in [6.45, 7) is 6.58. The Balaban J connectivity index is 2.45. The maximum Gasteiger partial charge on any atom is 0.0794 e. The summed E-state index contributed by atoms with van der Waals surface area (Å²) in [4.78, 5) is 4.05. The van der Waals surface area contributed by atoms with Gasteiger partial charge in [-0.1, -0.05) is 39.0 Å². The van der Waals surface area contributed by atoms with Crippen molar-refractivity contribution in [2.24, 2.45) is 0 Å². The highest BCUT2D eigenvalue weighted by Gasteiger charge is 2.18. The molecule has 4 heteroatoms. The second kappa shape index (κ2) is 5.21. The van der Waals surface area contributed by atoms with E-state index < -0.39 is 0 Å². The van der Waals surface area contributed by atoms with E-state index in [1.807, 2.05) is 6.07 Å². The fourth-order valence-electron chi connectivity index (χ4n) is 1.96. The van der Waals surface area contributed by atoms with E-state index in [-0.39, 0.29) is 5.41 Å². The predicted octanol–water partition coefficient (Wildman–Crippen LogP) is 4.47. The van der Waals surface area contributed by atoms with Crippen LogP contribution in [0.15, 0.2) is 41.1 Å². The molecule has 0 saturated heterocycles. The Morgan fingerprint density at radius 2 is 1.84 bits per heavy atom. The number of benzene rings is 1. The maximum absolute atomic E-state index is 5.97. The van der Waals surface area contributed by atoms with Gasteiger partial charge in [0, 0.05) is 11.9 Å². The van der Waals surface area contributed by atoms with E-state index in [0.717, 1.165) is 15.8 Å². The number of nitrogen functional groups attached to an aromatic ring is 1. The zero-order chi connectivity index (χ0) is 14.0. The van der Waals surface area contributed by atoms with Crippen LogP contribution in [-0.2, 0) is 5.41 Å². The van der Waals surface area contributed by atoms with Crippen LogP contribution in [0.25, 0.3) is 0 Å². The van der Waals surface area contributed by atoms with Crippen LogP contribution in [0.5, 0.6) is 0 Å². The van der Waals surface area contributed by atoms with Gasteiger partial charge in [-0.25, -0.2) is 0 Å². The smallest absolute Gasteiger partial charge is 0.0794 e. The Morgan fingerprint density at radius 1 is 1.16 bits per heavy atom. The van der Waals surface area contributed by atoms with Crippen molar-refractivity contribution in [1.29, 1.82) is 0 Å². The summed E-state index contributed by atoms with van der Waals surface area (Å²) in [6, 6.07) is 8.26. The molecule has 1 heterocycles. The van der Waals surface area contributed by atoms with Gasteiger partial charge in [0.2, 0.25) is 0 Å². The van der Waals surface area contributed by atoms with Gasteiger partial charge in [0.1, 0.15) is 0 Å². The second-order valence-electron chi connectivity index (χ2n) is 5.51. The molecule has 0 aliphatic heterocycles. The molecule has 0 amide bonds. The van der Waals surface area contributed by atoms with E-state index in [1.54, 1.807) is 12.4 Å². The number of para-hydroxylation sites is 1. The number of rotatable bonds is 2. The lowest BCUT2D eigenvalue weighted by Crippen LogP contribution is -2.14. The third-order valence-electron chi connectivity index (χ3n) is 2.92. The fraction of sp³-hybridized carbons (Fsp3) is 0.267. The van der Waals surface area contributed by atoms with Crippen LogP contribution >= 0.6 is 15.9 Å². The molecule has 0 spiro atoms. The third kappa shape index (κ3) is 3.07. The first-order chi connectivity index (χ1) is 8.89. The number of nitrogens with two attached hydrogens (primary N) is 1. The number of nitrogens with zero attached hydrogens (tertiary/aromatic N) is 1. The Morgan fingerprint density at radius 3 is 2.47 bits per heavy atom. The van der Waals surface area contributed by atoms with Crippen LogP contribution in [-0.4, -0.2) is 4.98 Å². The highest BCUT2D eigenvalue weighted by atomic mass is 79.9. The minimum atomic E-state index is 0.0673. The Kier molecular flexibility index (Phi) is 3.80. The normalized spacial score (nSPS) is 11.4. The number of hydrogen-bond donors (Lipinski definition) is 2. The van der Waals surface area contributed by atoms with Crippen molar-refractivity contribution in [2.75, 3.05) is 11.1 Å². The zero-order valence-corrected chi connectivity index (χ0v) is 13.0. The van der Waals surface area contributed by atoms with Crippen LogP contribution in [0.4, 0.5) is 17.1 Å². The Labute approximate surface area is 122 Å². The van der Waals surface area contributed by atoms with Gasteiger partial charge in [-0.2, -0.15) is 0 Å². The SMILES string of the molecule is CC(C)(C)c1ccccc1Nc1c(N)cncc1Br. The molecule has 0 unspecified atom stereocenters. The van der Waals surface area contributed by atoms with Crippen LogP contribution in [0.2, 0.25) is 0 Å². The predicted molar refractivity (Wildman–Crippen MR) is 84.8 cm³/mol. The molecule has 0 aliphatic carbocycles. The molecule has 100 valence electrons. The molecule has 3 N–H and O–H groups in total. The van der Waals surface area contributed by atoms with Gasteiger partial charge in [-0.15, -0.1) is 0 Å². The largest absolute Gasteiger partial charge is 0.396 e. The summed E-state index contributed by atoms with van der Waals surface area (Å²) in [6.07, 6.45) is 3.38. The topological polar surface area (TPSA) is 50.9 Å². The van der Waals surface area contributed by atoms with E-state index in [1.165, 1.54) is 5.56 Å². The van der Waals surface area contributed by atoms with E-state index in [9.17, 15) is 0 Å². The second-order valence-corrected chi connectivity index (χ2v) is 6.36. The van der Waals surface area contributed by atoms with Gasteiger partial charge in [-0.05, 0) is 33.0 Å². The maximum atomic E-state index is 5.97. The van der Waals surface area contributed by atoms with Crippen molar-refractivity contribution in [3.63, 3.8) is 0 Å². The summed E-state index contributed by atoms with van der Waals surface area (Å²) in [5.74, 6) is 0. The molecule has 0 bridgehead atoms. The number of aromatic nitrogens is 1. The Hall–Kier alpha value is -1.55. The van der Waals surface area contributed by atoms with E-state index in [4.69, 9.17) is 5.73 Å². The van der Waals surface area contributed by atoms with Crippen molar-refractivity contribution in [2.45, 2.75) is 26.2 Å². The molecule has 0 aliphatic rings. The molecule has 0 radical (unpaired) electrons. The summed E-state index contributed by atoms with van der Waals surface area (Å²) in [5.41, 5.74) is 9.83.